The van der Waals surface area contributed by atoms with Gasteiger partial charge in [0.2, 0.25) is 0 Å². The van der Waals surface area contributed by atoms with E-state index in [-0.39, 0.29) is 12.2 Å². The van der Waals surface area contributed by atoms with Crippen molar-refractivity contribution in [2.75, 3.05) is 0 Å². The summed E-state index contributed by atoms with van der Waals surface area (Å²) in [5, 5.41) is 3.96. The van der Waals surface area contributed by atoms with Crippen molar-refractivity contribution < 1.29 is 0 Å². The van der Waals surface area contributed by atoms with Crippen LogP contribution in [0.3, 0.4) is 0 Å². The standard InChI is InChI=1S/C8H6N4O/c1-2-4-12-8(13)11-5-3-9-6-7(11)10-12/h1,3,5-6H,4H2. The van der Waals surface area contributed by atoms with Gasteiger partial charge in [0.05, 0.1) is 6.20 Å². The second kappa shape index (κ2) is 2.75. The Morgan fingerprint density at radius 3 is 3.15 bits per heavy atom. The van der Waals surface area contributed by atoms with Crippen molar-refractivity contribution in [2.24, 2.45) is 0 Å². The fraction of sp³-hybridized carbons (Fsp3) is 0.125. The highest BCUT2D eigenvalue weighted by atomic mass is 16.2. The van der Waals surface area contributed by atoms with Crippen LogP contribution in [0.2, 0.25) is 0 Å². The first kappa shape index (κ1) is 7.55. The van der Waals surface area contributed by atoms with Gasteiger partial charge in [-0.3, -0.25) is 4.98 Å². The van der Waals surface area contributed by atoms with Crippen molar-refractivity contribution >= 4 is 5.65 Å². The number of fused-ring (bicyclic) bond motifs is 1. The van der Waals surface area contributed by atoms with Crippen LogP contribution in [0, 0.1) is 12.3 Å². The summed E-state index contributed by atoms with van der Waals surface area (Å²) in [5.41, 5.74) is 0.262. The molecule has 0 aliphatic heterocycles. The Labute approximate surface area is 73.6 Å². The number of nitrogens with zero attached hydrogens (tertiary/aromatic N) is 4. The van der Waals surface area contributed by atoms with Gasteiger partial charge in [0.1, 0.15) is 6.54 Å². The summed E-state index contributed by atoms with van der Waals surface area (Å²) in [7, 11) is 0. The van der Waals surface area contributed by atoms with Crippen molar-refractivity contribution in [3.63, 3.8) is 0 Å². The average molecular weight is 174 g/mol. The summed E-state index contributed by atoms with van der Waals surface area (Å²) in [6.07, 6.45) is 9.66. The van der Waals surface area contributed by atoms with Gasteiger partial charge in [-0.25, -0.2) is 13.9 Å². The Balaban J connectivity index is 2.76. The smallest absolute Gasteiger partial charge is 0.259 e. The van der Waals surface area contributed by atoms with Crippen LogP contribution >= 0.6 is 0 Å². The Bertz CT molecular complexity index is 531. The van der Waals surface area contributed by atoms with E-state index in [9.17, 15) is 4.79 Å². The van der Waals surface area contributed by atoms with Gasteiger partial charge in [-0.1, -0.05) is 5.92 Å². The highest BCUT2D eigenvalue weighted by Gasteiger charge is 2.03. The molecule has 5 nitrogen and oxygen atoms in total. The van der Waals surface area contributed by atoms with Crippen LogP contribution in [0.5, 0.6) is 0 Å². The minimum Gasteiger partial charge on any atom is -0.259 e. The van der Waals surface area contributed by atoms with Gasteiger partial charge in [0.25, 0.3) is 0 Å². The number of rotatable bonds is 1. The molecule has 13 heavy (non-hydrogen) atoms. The summed E-state index contributed by atoms with van der Waals surface area (Å²) in [6, 6.07) is 0. The third-order valence-electron chi connectivity index (χ3n) is 1.63. The van der Waals surface area contributed by atoms with Crippen molar-refractivity contribution in [2.45, 2.75) is 6.54 Å². The van der Waals surface area contributed by atoms with E-state index < -0.39 is 0 Å². The Morgan fingerprint density at radius 1 is 1.62 bits per heavy atom. The van der Waals surface area contributed by atoms with Crippen molar-refractivity contribution in [3.05, 3.63) is 29.1 Å². The first-order chi connectivity index (χ1) is 6.33. The maximum Gasteiger partial charge on any atom is 0.351 e. The minimum atomic E-state index is -0.240. The third kappa shape index (κ3) is 1.08. The second-order valence-corrected chi connectivity index (χ2v) is 2.45. The van der Waals surface area contributed by atoms with Crippen LogP contribution in [0.1, 0.15) is 0 Å². The molecule has 5 heteroatoms. The van der Waals surface area contributed by atoms with Crippen molar-refractivity contribution in [3.8, 4) is 12.3 Å². The fourth-order valence-corrected chi connectivity index (χ4v) is 1.07. The van der Waals surface area contributed by atoms with E-state index in [0.717, 1.165) is 0 Å². The minimum absolute atomic E-state index is 0.181. The van der Waals surface area contributed by atoms with Crippen LogP contribution in [-0.2, 0) is 6.54 Å². The molecule has 0 saturated carbocycles. The molecule has 0 aliphatic carbocycles. The molecule has 0 bridgehead atoms. The lowest BCUT2D eigenvalue weighted by atomic mass is 10.7. The van der Waals surface area contributed by atoms with Gasteiger partial charge < -0.3 is 0 Å². The van der Waals surface area contributed by atoms with Crippen LogP contribution in [0.4, 0.5) is 0 Å². The Morgan fingerprint density at radius 2 is 2.46 bits per heavy atom. The molecule has 0 unspecified atom stereocenters. The maximum atomic E-state index is 11.5. The van der Waals surface area contributed by atoms with E-state index in [0.29, 0.717) is 5.65 Å². The molecule has 2 rings (SSSR count). The molecular weight excluding hydrogens is 168 g/mol. The third-order valence-corrected chi connectivity index (χ3v) is 1.63. The zero-order chi connectivity index (χ0) is 9.26. The lowest BCUT2D eigenvalue weighted by molar-refractivity contribution is 0.685. The Kier molecular flexibility index (Phi) is 1.60. The first-order valence-electron chi connectivity index (χ1n) is 3.65. The van der Waals surface area contributed by atoms with E-state index >= 15 is 0 Å². The molecular formula is C8H6N4O. The van der Waals surface area contributed by atoms with Gasteiger partial charge in [-0.05, 0) is 0 Å². The van der Waals surface area contributed by atoms with E-state index in [2.05, 4.69) is 16.0 Å². The molecule has 2 heterocycles. The molecule has 0 amide bonds. The second-order valence-electron chi connectivity index (χ2n) is 2.45. The average Bonchev–Trinajstić information content (AvgIpc) is 2.46. The van der Waals surface area contributed by atoms with Gasteiger partial charge in [-0.15, -0.1) is 11.5 Å². The monoisotopic (exact) mass is 174 g/mol. The van der Waals surface area contributed by atoms with Crippen LogP contribution in [0.25, 0.3) is 5.65 Å². The quantitative estimate of drug-likeness (QED) is 0.549. The molecule has 2 aromatic rings. The van der Waals surface area contributed by atoms with Crippen LogP contribution < -0.4 is 5.69 Å². The Hall–Kier alpha value is -2.09. The van der Waals surface area contributed by atoms with Gasteiger partial charge in [0, 0.05) is 12.4 Å². The first-order valence-corrected chi connectivity index (χ1v) is 3.65. The van der Waals surface area contributed by atoms with Crippen LogP contribution in [-0.4, -0.2) is 19.2 Å². The highest BCUT2D eigenvalue weighted by molar-refractivity contribution is 5.31. The molecule has 0 radical (unpaired) electrons. The van der Waals surface area contributed by atoms with Gasteiger partial charge >= 0.3 is 5.69 Å². The summed E-state index contributed by atoms with van der Waals surface area (Å²) in [4.78, 5) is 15.3. The summed E-state index contributed by atoms with van der Waals surface area (Å²) >= 11 is 0. The maximum absolute atomic E-state index is 11.5. The molecule has 0 saturated heterocycles. The molecule has 0 fully saturated rings. The molecule has 2 aromatic heterocycles. The normalized spacial score (nSPS) is 10.1. The van der Waals surface area contributed by atoms with Gasteiger partial charge in [-0.2, -0.15) is 0 Å². The van der Waals surface area contributed by atoms with E-state index in [1.165, 1.54) is 21.5 Å². The predicted octanol–water partition coefficient (Wildman–Crippen LogP) is -0.476. The summed E-state index contributed by atoms with van der Waals surface area (Å²) < 4.78 is 2.61. The van der Waals surface area contributed by atoms with Crippen LogP contribution in [0.15, 0.2) is 23.4 Å². The molecule has 0 spiro atoms. The predicted molar refractivity (Wildman–Crippen MR) is 46.1 cm³/mol. The lowest BCUT2D eigenvalue weighted by Gasteiger charge is -1.85. The van der Waals surface area contributed by atoms with Gasteiger partial charge in [0.15, 0.2) is 5.65 Å². The highest BCUT2D eigenvalue weighted by Crippen LogP contribution is 1.90. The summed E-state index contributed by atoms with van der Waals surface area (Å²) in [6.45, 7) is 0.181. The molecule has 0 N–H and O–H groups in total. The molecule has 64 valence electrons. The largest absolute Gasteiger partial charge is 0.351 e. The number of hydrogen-bond acceptors (Lipinski definition) is 3. The zero-order valence-corrected chi connectivity index (χ0v) is 6.71. The topological polar surface area (TPSA) is 52.2 Å². The number of aromatic nitrogens is 4. The fourth-order valence-electron chi connectivity index (χ4n) is 1.07. The van der Waals surface area contributed by atoms with E-state index in [4.69, 9.17) is 6.42 Å². The van der Waals surface area contributed by atoms with E-state index in [1.807, 2.05) is 0 Å². The zero-order valence-electron chi connectivity index (χ0n) is 6.71. The molecule has 0 aliphatic rings. The number of terminal acetylenes is 1. The van der Waals surface area contributed by atoms with E-state index in [1.54, 1.807) is 6.20 Å². The van der Waals surface area contributed by atoms with Crippen molar-refractivity contribution in [1.29, 1.82) is 0 Å². The molecule has 0 atom stereocenters. The number of hydrogen-bond donors (Lipinski definition) is 0. The van der Waals surface area contributed by atoms with Crippen molar-refractivity contribution in [1.82, 2.24) is 19.2 Å². The summed E-state index contributed by atoms with van der Waals surface area (Å²) in [5.74, 6) is 2.35. The SMILES string of the molecule is C#CCn1nc2cnccn2c1=O. The molecule has 0 aromatic carbocycles. The lowest BCUT2D eigenvalue weighted by Crippen LogP contribution is -2.20.